The van der Waals surface area contributed by atoms with Crippen LogP contribution in [0, 0.1) is 5.92 Å². The van der Waals surface area contributed by atoms with E-state index in [4.69, 9.17) is 0 Å². The second-order valence-corrected chi connectivity index (χ2v) is 9.00. The third-order valence-electron chi connectivity index (χ3n) is 6.00. The van der Waals surface area contributed by atoms with Crippen molar-refractivity contribution in [1.29, 1.82) is 0 Å². The molecule has 4 aromatic heterocycles. The zero-order valence-corrected chi connectivity index (χ0v) is 19.0. The Bertz CT molecular complexity index is 1410. The molecule has 1 amide bonds. The number of carbonyl (C=O) groups excluding carboxylic acids is 1. The van der Waals surface area contributed by atoms with Crippen LogP contribution in [0.1, 0.15) is 12.8 Å². The largest absolute Gasteiger partial charge is 0.356 e. The van der Waals surface area contributed by atoms with Crippen molar-refractivity contribution in [3.63, 3.8) is 0 Å². The number of aromatic nitrogens is 7. The van der Waals surface area contributed by atoms with Crippen LogP contribution in [0.15, 0.2) is 67.1 Å². The predicted octanol–water partition coefficient (Wildman–Crippen LogP) is 3.29. The van der Waals surface area contributed by atoms with Gasteiger partial charge in [0.05, 0.1) is 5.69 Å². The Kier molecular flexibility index (Phi) is 5.22. The van der Waals surface area contributed by atoms with Crippen LogP contribution in [0.25, 0.3) is 22.0 Å². The van der Waals surface area contributed by atoms with Crippen molar-refractivity contribution in [1.82, 2.24) is 34.1 Å². The molecule has 0 bridgehead atoms. The van der Waals surface area contributed by atoms with E-state index in [0.29, 0.717) is 5.82 Å². The molecule has 170 valence electrons. The minimum absolute atomic E-state index is 0.0468. The number of fused-ring (bicyclic) bond motifs is 1. The van der Waals surface area contributed by atoms with Crippen LogP contribution in [0.3, 0.4) is 0 Å². The molecular formula is C23H21N9OS. The average molecular weight is 472 g/mol. The third-order valence-corrected chi connectivity index (χ3v) is 6.77. The Morgan fingerprint density at radius 2 is 1.97 bits per heavy atom. The summed E-state index contributed by atoms with van der Waals surface area (Å²) in [6, 6.07) is 9.74. The molecule has 1 N–H and O–H groups in total. The van der Waals surface area contributed by atoms with E-state index in [1.54, 1.807) is 22.3 Å². The monoisotopic (exact) mass is 471 g/mol. The smallest absolute Gasteiger partial charge is 0.227 e. The molecule has 0 atom stereocenters. The first-order valence-electron chi connectivity index (χ1n) is 11.0. The van der Waals surface area contributed by atoms with E-state index in [0.717, 1.165) is 53.7 Å². The molecule has 5 aromatic rings. The summed E-state index contributed by atoms with van der Waals surface area (Å²) in [4.78, 5) is 33.4. The molecule has 10 nitrogen and oxygen atoms in total. The lowest BCUT2D eigenvalue weighted by molar-refractivity contribution is -0.120. The number of hydrogen-bond acceptors (Lipinski definition) is 8. The molecule has 34 heavy (non-hydrogen) atoms. The average Bonchev–Trinajstić information content (AvgIpc) is 3.63. The Hall–Kier alpha value is -4.12. The van der Waals surface area contributed by atoms with E-state index in [1.807, 2.05) is 52.5 Å². The fourth-order valence-corrected chi connectivity index (χ4v) is 4.90. The van der Waals surface area contributed by atoms with Crippen molar-refractivity contribution < 1.29 is 4.79 Å². The summed E-state index contributed by atoms with van der Waals surface area (Å²) in [6.45, 7) is 1.49. The van der Waals surface area contributed by atoms with E-state index in [1.165, 1.54) is 12.7 Å². The maximum absolute atomic E-state index is 13.0. The molecule has 6 rings (SSSR count). The van der Waals surface area contributed by atoms with Crippen LogP contribution in [-0.4, -0.2) is 53.1 Å². The number of imidazole rings is 1. The Morgan fingerprint density at radius 3 is 2.79 bits per heavy atom. The fourth-order valence-electron chi connectivity index (χ4n) is 4.20. The highest BCUT2D eigenvalue weighted by Gasteiger charge is 2.26. The van der Waals surface area contributed by atoms with E-state index < -0.39 is 0 Å². The molecule has 1 aliphatic rings. The van der Waals surface area contributed by atoms with Gasteiger partial charge in [-0.15, -0.1) is 11.3 Å². The number of piperidine rings is 1. The van der Waals surface area contributed by atoms with Gasteiger partial charge < -0.3 is 10.2 Å². The summed E-state index contributed by atoms with van der Waals surface area (Å²) >= 11 is 1.60. The van der Waals surface area contributed by atoms with Gasteiger partial charge in [0.25, 0.3) is 0 Å². The lowest BCUT2D eigenvalue weighted by atomic mass is 9.95. The number of thiazole rings is 1. The number of amides is 1. The minimum atomic E-state index is -0.0468. The fraction of sp³-hybridized carbons (Fsp3) is 0.217. The Morgan fingerprint density at radius 1 is 1.09 bits per heavy atom. The van der Waals surface area contributed by atoms with Crippen molar-refractivity contribution in [2.75, 3.05) is 23.3 Å². The zero-order chi connectivity index (χ0) is 22.9. The number of anilines is 2. The van der Waals surface area contributed by atoms with Crippen LogP contribution in [0.5, 0.6) is 0 Å². The number of carbonyl (C=O) groups is 1. The predicted molar refractivity (Wildman–Crippen MR) is 129 cm³/mol. The van der Waals surface area contributed by atoms with Gasteiger partial charge >= 0.3 is 0 Å². The third kappa shape index (κ3) is 4.01. The molecule has 0 aliphatic carbocycles. The molecule has 1 aliphatic heterocycles. The molecule has 1 fully saturated rings. The number of nitrogens with zero attached hydrogens (tertiary/aromatic N) is 8. The molecular weight excluding hydrogens is 450 g/mol. The van der Waals surface area contributed by atoms with E-state index in [2.05, 4.69) is 35.3 Å². The lowest BCUT2D eigenvalue weighted by Crippen LogP contribution is -2.38. The van der Waals surface area contributed by atoms with Crippen LogP contribution in [0.2, 0.25) is 0 Å². The highest BCUT2D eigenvalue weighted by molar-refractivity contribution is 7.15. The van der Waals surface area contributed by atoms with Gasteiger partial charge in [-0.3, -0.25) is 9.20 Å². The summed E-state index contributed by atoms with van der Waals surface area (Å²) in [5, 5.41) is 9.23. The lowest BCUT2D eigenvalue weighted by Gasteiger charge is -2.32. The molecule has 0 unspecified atom stereocenters. The van der Waals surface area contributed by atoms with Gasteiger partial charge in [0.2, 0.25) is 5.91 Å². The summed E-state index contributed by atoms with van der Waals surface area (Å²) in [5.74, 6) is 1.50. The first-order chi connectivity index (χ1) is 16.7. The van der Waals surface area contributed by atoms with Crippen LogP contribution >= 0.6 is 11.3 Å². The molecule has 11 heteroatoms. The van der Waals surface area contributed by atoms with Crippen molar-refractivity contribution in [2.45, 2.75) is 12.8 Å². The number of nitrogens with one attached hydrogen (secondary N) is 1. The van der Waals surface area contributed by atoms with Crippen LogP contribution in [0.4, 0.5) is 11.5 Å². The highest BCUT2D eigenvalue weighted by atomic mass is 32.1. The zero-order valence-electron chi connectivity index (χ0n) is 18.2. The van der Waals surface area contributed by atoms with Crippen molar-refractivity contribution in [2.24, 2.45) is 5.92 Å². The van der Waals surface area contributed by atoms with Gasteiger partial charge in [-0.1, -0.05) is 12.1 Å². The summed E-state index contributed by atoms with van der Waals surface area (Å²) < 4.78 is 3.61. The normalized spacial score (nSPS) is 14.5. The van der Waals surface area contributed by atoms with Crippen LogP contribution in [-0.2, 0) is 4.79 Å². The Balaban J connectivity index is 1.09. The molecule has 5 heterocycles. The number of benzene rings is 1. The van der Waals surface area contributed by atoms with Crippen molar-refractivity contribution >= 4 is 33.7 Å². The topological polar surface area (TPSA) is 106 Å². The van der Waals surface area contributed by atoms with Gasteiger partial charge in [-0.2, -0.15) is 5.10 Å². The Labute approximate surface area is 199 Å². The SMILES string of the molecule is O=C(Nc1cccc(-c2cn3ccsc3n2)c1)C1CCN(c2cc(-n3cncn3)ncn2)CC1. The molecule has 1 saturated heterocycles. The standard InChI is InChI=1S/C23H21N9OS/c33-22(28-18-3-1-2-17(10-18)19-12-31-8-9-34-23(31)29-19)16-4-6-30(7-5-16)20-11-21(26-14-25-20)32-15-24-13-27-32/h1-3,8-16H,4-7H2,(H,28,33). The summed E-state index contributed by atoms with van der Waals surface area (Å²) in [7, 11) is 0. The van der Waals surface area contributed by atoms with E-state index in [-0.39, 0.29) is 11.8 Å². The molecule has 0 saturated carbocycles. The van der Waals surface area contributed by atoms with Crippen LogP contribution < -0.4 is 10.2 Å². The maximum Gasteiger partial charge on any atom is 0.227 e. The highest BCUT2D eigenvalue weighted by Crippen LogP contribution is 2.26. The number of rotatable bonds is 5. The number of hydrogen-bond donors (Lipinski definition) is 1. The molecule has 1 aromatic carbocycles. The van der Waals surface area contributed by atoms with Gasteiger partial charge in [0, 0.05) is 54.1 Å². The quantitative estimate of drug-likeness (QED) is 0.419. The maximum atomic E-state index is 13.0. The van der Waals surface area contributed by atoms with Gasteiger partial charge in [0.15, 0.2) is 10.8 Å². The van der Waals surface area contributed by atoms with Gasteiger partial charge in [0.1, 0.15) is 24.8 Å². The summed E-state index contributed by atoms with van der Waals surface area (Å²) in [6.07, 6.45) is 10.1. The first kappa shape index (κ1) is 20.5. The second kappa shape index (κ2) is 8.67. The second-order valence-electron chi connectivity index (χ2n) is 8.12. The van der Waals surface area contributed by atoms with Gasteiger partial charge in [-0.05, 0) is 25.0 Å². The summed E-state index contributed by atoms with van der Waals surface area (Å²) in [5.41, 5.74) is 2.66. The molecule has 0 radical (unpaired) electrons. The van der Waals surface area contributed by atoms with E-state index in [9.17, 15) is 4.79 Å². The van der Waals surface area contributed by atoms with Crippen molar-refractivity contribution in [3.8, 4) is 17.1 Å². The van der Waals surface area contributed by atoms with Gasteiger partial charge in [-0.25, -0.2) is 24.6 Å². The minimum Gasteiger partial charge on any atom is -0.356 e. The molecule has 0 spiro atoms. The van der Waals surface area contributed by atoms with Crippen molar-refractivity contribution in [3.05, 3.63) is 67.1 Å². The van der Waals surface area contributed by atoms with E-state index >= 15 is 0 Å². The first-order valence-corrected chi connectivity index (χ1v) is 11.9.